The second-order valence-corrected chi connectivity index (χ2v) is 19.0. The number of nitrogen functional groups attached to an aromatic ring is 2. The highest BCUT2D eigenvalue weighted by Gasteiger charge is 2.52. The van der Waals surface area contributed by atoms with Gasteiger partial charge in [0.2, 0.25) is 5.91 Å². The van der Waals surface area contributed by atoms with Crippen LogP contribution in [0.4, 0.5) is 26.5 Å². The van der Waals surface area contributed by atoms with Crippen LogP contribution >= 0.6 is 15.6 Å². The molecule has 2 aliphatic heterocycles. The van der Waals surface area contributed by atoms with Gasteiger partial charge < -0.3 is 65.9 Å². The third-order valence-electron chi connectivity index (χ3n) is 11.3. The second kappa shape index (κ2) is 22.6. The fraction of sp³-hybridized carbons (Fsp3) is 0.415. The predicted octanol–water partition coefficient (Wildman–Crippen LogP) is 0.949. The molecule has 3 aromatic heterocycles. The minimum atomic E-state index is -5.47. The number of aliphatic hydroxyl groups is 2. The number of benzene rings is 2. The molecule has 388 valence electrons. The number of hydrogen-bond acceptors (Lipinski definition) is 21. The quantitative estimate of drug-likeness (QED) is 0.0387. The number of phosphoric acid groups is 2. The Hall–Kier alpha value is -6.33. The van der Waals surface area contributed by atoms with Gasteiger partial charge in [-0.3, -0.25) is 27.5 Å². The van der Waals surface area contributed by atoms with Crippen LogP contribution in [-0.4, -0.2) is 128 Å². The van der Waals surface area contributed by atoms with Gasteiger partial charge in [-0.2, -0.15) is 4.98 Å². The highest BCUT2D eigenvalue weighted by molar-refractivity contribution is 7.47. The van der Waals surface area contributed by atoms with Gasteiger partial charge in [0, 0.05) is 11.9 Å². The van der Waals surface area contributed by atoms with E-state index in [4.69, 9.17) is 39.5 Å². The summed E-state index contributed by atoms with van der Waals surface area (Å²) in [6, 6.07) is 11.6. The number of carbonyl (C=O) groups excluding carboxylic acids is 3. The van der Waals surface area contributed by atoms with Crippen LogP contribution in [0.15, 0.2) is 78.2 Å². The molecular formula is C41H49FN10O18P2. The lowest BCUT2D eigenvalue weighted by atomic mass is 9.99. The summed E-state index contributed by atoms with van der Waals surface area (Å²) >= 11 is 0. The maximum Gasteiger partial charge on any atom is 0.472 e. The minimum Gasteiger partial charge on any atom is -0.455 e. The van der Waals surface area contributed by atoms with Crippen molar-refractivity contribution in [1.82, 2.24) is 34.4 Å². The van der Waals surface area contributed by atoms with E-state index in [1.54, 1.807) is 38.1 Å². The number of amides is 2. The van der Waals surface area contributed by atoms with Crippen LogP contribution in [-0.2, 0) is 64.3 Å². The van der Waals surface area contributed by atoms with Crippen LogP contribution in [0.3, 0.4) is 0 Å². The zero-order chi connectivity index (χ0) is 52.1. The molecule has 2 saturated heterocycles. The molecule has 7 rings (SSSR count). The third-order valence-corrected chi connectivity index (χ3v) is 12.8. The van der Waals surface area contributed by atoms with E-state index < -0.39 is 113 Å². The first kappa shape index (κ1) is 53.5. The maximum absolute atomic E-state index is 14.1. The van der Waals surface area contributed by atoms with Gasteiger partial charge >= 0.3 is 33.4 Å². The Kier molecular flexibility index (Phi) is 16.8. The molecule has 5 aromatic rings. The number of fused-ring (bicyclic) bond motifs is 1. The summed E-state index contributed by atoms with van der Waals surface area (Å²) in [5.41, 5.74) is 12.2. The number of phosphoric ester groups is 2. The van der Waals surface area contributed by atoms with Crippen molar-refractivity contribution in [3.8, 4) is 0 Å². The van der Waals surface area contributed by atoms with E-state index in [1.165, 1.54) is 35.2 Å². The highest BCUT2D eigenvalue weighted by atomic mass is 31.2. The average molecular weight is 1050 g/mol. The van der Waals surface area contributed by atoms with Gasteiger partial charge in [0.05, 0.1) is 26.0 Å². The van der Waals surface area contributed by atoms with E-state index in [1.807, 2.05) is 0 Å². The summed E-state index contributed by atoms with van der Waals surface area (Å²) in [5, 5.41) is 28.2. The summed E-state index contributed by atoms with van der Waals surface area (Å²) in [7, 11) is -10.7. The molecule has 2 aliphatic rings. The van der Waals surface area contributed by atoms with Crippen molar-refractivity contribution < 1.29 is 85.3 Å². The van der Waals surface area contributed by atoms with Crippen molar-refractivity contribution in [2.75, 3.05) is 30.0 Å². The van der Waals surface area contributed by atoms with Crippen molar-refractivity contribution in [2.45, 2.75) is 88.4 Å². The summed E-state index contributed by atoms with van der Waals surface area (Å²) in [6.07, 6.45) is -11.6. The minimum absolute atomic E-state index is 0.00369. The van der Waals surface area contributed by atoms with Crippen LogP contribution in [0, 0.1) is 11.7 Å². The van der Waals surface area contributed by atoms with E-state index in [0.29, 0.717) is 23.2 Å². The Bertz CT molecular complexity index is 2890. The number of ether oxygens (including phenoxy) is 4. The zero-order valence-corrected chi connectivity index (χ0v) is 39.7. The fourth-order valence-electron chi connectivity index (χ4n) is 7.51. The van der Waals surface area contributed by atoms with Crippen molar-refractivity contribution in [3.63, 3.8) is 0 Å². The topological polar surface area (TPSA) is 406 Å². The Morgan fingerprint density at radius 1 is 0.875 bits per heavy atom. The van der Waals surface area contributed by atoms with E-state index in [2.05, 4.69) is 35.1 Å². The van der Waals surface area contributed by atoms with Gasteiger partial charge in [0.25, 0.3) is 0 Å². The Balaban J connectivity index is 1.04. The number of carbonyl (C=O) groups is 3. The number of alkyl carbamates (subject to hydrolysis) is 1. The number of aliphatic hydroxyl groups excluding tert-OH is 2. The SMILES string of the molecule is CC[C@H](C)[C@H](NC(=O)OCc1ccc(NC(=O)Cc2ccc(F)cc2)cc1)C(=O)O[C@H]1[C@@H](O)[C@H](n2cnc3c(N)ncnc32)O[C@@H]1COP(=O)(O)O[C@H]1[C@@H](O)[C@H](n2ccc(N)nc2=O)O[C@@H]1COP(=O)(O)O. The average Bonchev–Trinajstić information content (AvgIpc) is 3.99. The van der Waals surface area contributed by atoms with Gasteiger partial charge in [-0.1, -0.05) is 44.5 Å². The molecule has 0 spiro atoms. The Labute approximate surface area is 406 Å². The molecule has 0 bridgehead atoms. The van der Waals surface area contributed by atoms with Crippen LogP contribution in [0.1, 0.15) is 43.9 Å². The van der Waals surface area contributed by atoms with Crippen LogP contribution in [0.5, 0.6) is 0 Å². The lowest BCUT2D eigenvalue weighted by Gasteiger charge is -2.27. The standard InChI is InChI=1S/C41H49FN10O18P2/c1-3-20(2)29(50-41(58)64-15-22-6-10-24(11-7-22)48-28(53)14-21-4-8-23(42)9-5-21)39(56)69-33-25(67-38(31(33)54)52-19-47-30-35(44)45-18-46-36(30)52)17-66-72(62,63)70-34-26(16-65-71(59,60)61)68-37(32(34)55)51-13-12-27(43)49-40(51)57/h4-13,18-20,25-26,29,31-34,37-38,54-55H,3,14-17H2,1-2H3,(H,48,53)(H,50,58)(H,62,63)(H2,43,49,57)(H2,44,45,46)(H2,59,60,61)/t20-,25+,26+,29-,31+,32+,33+,34+,37+,38+/m0/s1. The Morgan fingerprint density at radius 3 is 2.18 bits per heavy atom. The molecule has 11 atom stereocenters. The molecule has 2 aromatic carbocycles. The van der Waals surface area contributed by atoms with Crippen LogP contribution in [0.2, 0.25) is 0 Å². The number of nitrogens with zero attached hydrogens (tertiary/aromatic N) is 6. The molecule has 31 heteroatoms. The van der Waals surface area contributed by atoms with Crippen LogP contribution < -0.4 is 27.8 Å². The van der Waals surface area contributed by atoms with Gasteiger partial charge in [-0.25, -0.2) is 42.9 Å². The summed E-state index contributed by atoms with van der Waals surface area (Å²) in [5.74, 6) is -2.75. The van der Waals surface area contributed by atoms with Crippen molar-refractivity contribution in [1.29, 1.82) is 0 Å². The van der Waals surface area contributed by atoms with Crippen molar-refractivity contribution >= 4 is 62.1 Å². The number of imidazole rings is 1. The maximum atomic E-state index is 14.1. The van der Waals surface area contributed by atoms with E-state index in [-0.39, 0.29) is 41.7 Å². The predicted molar refractivity (Wildman–Crippen MR) is 243 cm³/mol. The second-order valence-electron chi connectivity index (χ2n) is 16.4. The van der Waals surface area contributed by atoms with E-state index >= 15 is 0 Å². The molecule has 2 fully saturated rings. The van der Waals surface area contributed by atoms with E-state index in [9.17, 15) is 57.6 Å². The molecule has 1 unspecified atom stereocenters. The molecule has 5 heterocycles. The smallest absolute Gasteiger partial charge is 0.455 e. The van der Waals surface area contributed by atoms with Crippen molar-refractivity contribution in [2.24, 2.45) is 5.92 Å². The van der Waals surface area contributed by atoms with Gasteiger partial charge in [0.15, 0.2) is 30.0 Å². The zero-order valence-electron chi connectivity index (χ0n) is 37.9. The number of nitrogens with two attached hydrogens (primary N) is 2. The highest BCUT2D eigenvalue weighted by Crippen LogP contribution is 2.50. The number of aromatic nitrogens is 6. The summed E-state index contributed by atoms with van der Waals surface area (Å²) in [4.78, 5) is 97.8. The van der Waals surface area contributed by atoms with Gasteiger partial charge in [-0.05, 0) is 47.4 Å². The molecular weight excluding hydrogens is 1000 g/mol. The monoisotopic (exact) mass is 1050 g/mol. The summed E-state index contributed by atoms with van der Waals surface area (Å²) < 4.78 is 78.3. The number of anilines is 3. The number of esters is 1. The number of rotatable bonds is 20. The first-order valence-electron chi connectivity index (χ1n) is 21.7. The third kappa shape index (κ3) is 13.2. The molecule has 0 radical (unpaired) electrons. The first-order valence-corrected chi connectivity index (χ1v) is 24.7. The molecule has 11 N–H and O–H groups in total. The number of halogens is 1. The largest absolute Gasteiger partial charge is 0.472 e. The molecule has 72 heavy (non-hydrogen) atoms. The van der Waals surface area contributed by atoms with Gasteiger partial charge in [-0.15, -0.1) is 0 Å². The molecule has 2 amide bonds. The molecule has 28 nitrogen and oxygen atoms in total. The first-order chi connectivity index (χ1) is 34.1. The normalized spacial score (nSPS) is 23.8. The molecule has 0 aliphatic carbocycles. The lowest BCUT2D eigenvalue weighted by Crippen LogP contribution is -2.49. The van der Waals surface area contributed by atoms with Gasteiger partial charge in [0.1, 0.15) is 66.6 Å². The van der Waals surface area contributed by atoms with Crippen molar-refractivity contribution in [3.05, 3.63) is 101 Å². The Morgan fingerprint density at radius 2 is 1.51 bits per heavy atom. The lowest BCUT2D eigenvalue weighted by molar-refractivity contribution is -0.160. The van der Waals surface area contributed by atoms with Crippen LogP contribution in [0.25, 0.3) is 11.2 Å². The van der Waals surface area contributed by atoms with E-state index in [0.717, 1.165) is 23.2 Å². The summed E-state index contributed by atoms with van der Waals surface area (Å²) in [6.45, 7) is 1.01. The fourth-order valence-corrected chi connectivity index (χ4v) is 8.82. The number of hydrogen-bond donors (Lipinski definition) is 9. The molecule has 0 saturated carbocycles. The number of nitrogens with one attached hydrogen (secondary N) is 2.